The average molecular weight is 568 g/mol. The van der Waals surface area contributed by atoms with Crippen molar-refractivity contribution in [2.75, 3.05) is 6.61 Å². The van der Waals surface area contributed by atoms with Crippen LogP contribution in [0.25, 0.3) is 0 Å². The van der Waals surface area contributed by atoms with Gasteiger partial charge in [0.1, 0.15) is 18.3 Å². The summed E-state index contributed by atoms with van der Waals surface area (Å²) in [5.74, 6) is 0. The second-order valence-electron chi connectivity index (χ2n) is 10.7. The molecule has 5 rings (SSSR count). The first-order valence-corrected chi connectivity index (χ1v) is 14.8. The van der Waals surface area contributed by atoms with Gasteiger partial charge in [-0.3, -0.25) is 0 Å². The number of hydrogen-bond acceptors (Lipinski definition) is 6. The number of rotatable bonds is 15. The fourth-order valence-electron chi connectivity index (χ4n) is 5.56. The quantitative estimate of drug-likeness (QED) is 0.170. The van der Waals surface area contributed by atoms with Gasteiger partial charge >= 0.3 is 0 Å². The first-order valence-electron chi connectivity index (χ1n) is 14.8. The van der Waals surface area contributed by atoms with Gasteiger partial charge in [-0.15, -0.1) is 0 Å². The Morgan fingerprint density at radius 1 is 0.595 bits per heavy atom. The fraction of sp³-hybridized carbons (Fsp3) is 0.333. The number of ether oxygens (including phenoxy) is 4. The summed E-state index contributed by atoms with van der Waals surface area (Å²) >= 11 is 0. The lowest BCUT2D eigenvalue weighted by Crippen LogP contribution is -2.49. The minimum Gasteiger partial charge on any atom is -0.374 e. The Hall–Kier alpha value is -3.36. The van der Waals surface area contributed by atoms with Crippen molar-refractivity contribution < 1.29 is 24.2 Å². The van der Waals surface area contributed by atoms with Crippen LogP contribution in [-0.4, -0.2) is 47.3 Å². The molecule has 220 valence electrons. The molecule has 0 radical (unpaired) electrons. The number of hydrogen-bond donors (Lipinski definition) is 1. The van der Waals surface area contributed by atoms with E-state index in [0.29, 0.717) is 32.8 Å². The highest BCUT2D eigenvalue weighted by atomic mass is 16.6. The van der Waals surface area contributed by atoms with Gasteiger partial charge < -0.3 is 24.2 Å². The van der Waals surface area contributed by atoms with Gasteiger partial charge in [-0.1, -0.05) is 128 Å². The van der Waals surface area contributed by atoms with Crippen molar-refractivity contribution in [3.63, 3.8) is 0 Å². The zero-order chi connectivity index (χ0) is 29.0. The van der Waals surface area contributed by atoms with Crippen molar-refractivity contribution in [3.8, 4) is 0 Å². The lowest BCUT2D eigenvalue weighted by Gasteiger charge is -2.32. The number of nitrogens with zero attached hydrogens (tertiary/aromatic N) is 1. The van der Waals surface area contributed by atoms with Crippen LogP contribution in [0.3, 0.4) is 0 Å². The molecule has 5 atom stereocenters. The minimum atomic E-state index is -0.501. The molecule has 4 aromatic rings. The van der Waals surface area contributed by atoms with E-state index in [1.54, 1.807) is 0 Å². The second-order valence-corrected chi connectivity index (χ2v) is 10.7. The highest BCUT2D eigenvalue weighted by molar-refractivity contribution is 5.17. The Morgan fingerprint density at radius 2 is 1.02 bits per heavy atom. The van der Waals surface area contributed by atoms with Crippen LogP contribution in [-0.2, 0) is 45.4 Å². The SMILES string of the molecule is CC[C@H]1[C@H](OCc2ccccc2)[C@@H](OCc2ccccc2)[C@@H](C(COCc2ccccc2)OCc2ccccc2)N1O. The fourth-order valence-corrected chi connectivity index (χ4v) is 5.56. The molecule has 42 heavy (non-hydrogen) atoms. The summed E-state index contributed by atoms with van der Waals surface area (Å²) in [6, 6.07) is 39.6. The second kappa shape index (κ2) is 15.8. The van der Waals surface area contributed by atoms with Gasteiger partial charge in [0.05, 0.1) is 45.1 Å². The molecule has 1 heterocycles. The average Bonchev–Trinajstić information content (AvgIpc) is 3.32. The van der Waals surface area contributed by atoms with Gasteiger partial charge in [-0.25, -0.2) is 0 Å². The van der Waals surface area contributed by atoms with Crippen LogP contribution >= 0.6 is 0 Å². The van der Waals surface area contributed by atoms with Gasteiger partial charge in [-0.05, 0) is 28.7 Å². The van der Waals surface area contributed by atoms with E-state index >= 15 is 0 Å². The van der Waals surface area contributed by atoms with E-state index in [1.807, 2.05) is 121 Å². The molecule has 6 nitrogen and oxygen atoms in total. The van der Waals surface area contributed by atoms with Crippen LogP contribution in [0, 0.1) is 0 Å². The maximum atomic E-state index is 11.7. The van der Waals surface area contributed by atoms with Crippen LogP contribution in [0.2, 0.25) is 0 Å². The molecule has 0 saturated carbocycles. The van der Waals surface area contributed by atoms with Crippen molar-refractivity contribution in [3.05, 3.63) is 144 Å². The van der Waals surface area contributed by atoms with Crippen LogP contribution in [0.5, 0.6) is 0 Å². The molecule has 1 aliphatic rings. The minimum absolute atomic E-state index is 0.267. The molecule has 0 aliphatic carbocycles. The largest absolute Gasteiger partial charge is 0.374 e. The van der Waals surface area contributed by atoms with Gasteiger partial charge in [0.25, 0.3) is 0 Å². The Morgan fingerprint density at radius 3 is 1.50 bits per heavy atom. The molecule has 1 unspecified atom stereocenters. The smallest absolute Gasteiger partial charge is 0.106 e. The van der Waals surface area contributed by atoms with Crippen molar-refractivity contribution in [1.29, 1.82) is 0 Å². The van der Waals surface area contributed by atoms with Crippen LogP contribution < -0.4 is 0 Å². The van der Waals surface area contributed by atoms with E-state index in [0.717, 1.165) is 22.3 Å². The molecule has 0 bridgehead atoms. The Kier molecular flexibility index (Phi) is 11.3. The molecule has 1 fully saturated rings. The highest BCUT2D eigenvalue weighted by Gasteiger charge is 2.53. The third kappa shape index (κ3) is 8.13. The summed E-state index contributed by atoms with van der Waals surface area (Å²) in [7, 11) is 0. The predicted octanol–water partition coefficient (Wildman–Crippen LogP) is 6.81. The van der Waals surface area contributed by atoms with Crippen molar-refractivity contribution in [1.82, 2.24) is 5.06 Å². The molecular weight excluding hydrogens is 526 g/mol. The molecule has 1 N–H and O–H groups in total. The molecule has 1 aliphatic heterocycles. The normalized spacial score (nSPS) is 21.4. The number of benzene rings is 4. The van der Waals surface area contributed by atoms with Crippen molar-refractivity contribution in [2.45, 2.75) is 70.2 Å². The van der Waals surface area contributed by atoms with E-state index in [2.05, 4.69) is 6.92 Å². The standard InChI is InChI=1S/C36H41NO5/c1-2-32-35(41-25-30-19-11-5-12-20-30)36(42-26-31-21-13-6-14-22-31)34(37(32)38)33(40-24-29-17-9-4-10-18-29)27-39-23-28-15-7-3-8-16-28/h3-22,32-36,38H,2,23-27H2,1H3/t32-,33?,34+,35-,36-/m0/s1. The third-order valence-corrected chi connectivity index (χ3v) is 7.76. The predicted molar refractivity (Wildman–Crippen MR) is 163 cm³/mol. The number of hydroxylamine groups is 2. The monoisotopic (exact) mass is 567 g/mol. The molecule has 0 aromatic heterocycles. The summed E-state index contributed by atoms with van der Waals surface area (Å²) < 4.78 is 26.0. The van der Waals surface area contributed by atoms with Gasteiger partial charge in [0.2, 0.25) is 0 Å². The first kappa shape index (κ1) is 30.1. The third-order valence-electron chi connectivity index (χ3n) is 7.76. The maximum Gasteiger partial charge on any atom is 0.106 e. The molecular formula is C36H41NO5. The molecule has 1 saturated heterocycles. The van der Waals surface area contributed by atoms with E-state index < -0.39 is 18.2 Å². The van der Waals surface area contributed by atoms with Gasteiger partial charge in [-0.2, -0.15) is 5.06 Å². The lowest BCUT2D eigenvalue weighted by molar-refractivity contribution is -0.195. The summed E-state index contributed by atoms with van der Waals surface area (Å²) in [5.41, 5.74) is 4.27. The van der Waals surface area contributed by atoms with Crippen LogP contribution in [0.15, 0.2) is 121 Å². The maximum absolute atomic E-state index is 11.7. The zero-order valence-electron chi connectivity index (χ0n) is 24.2. The molecule has 6 heteroatoms. The molecule has 0 amide bonds. The molecule has 4 aromatic carbocycles. The van der Waals surface area contributed by atoms with Gasteiger partial charge in [0, 0.05) is 0 Å². The lowest BCUT2D eigenvalue weighted by atomic mass is 10.0. The Labute approximate surface area is 249 Å². The Balaban J connectivity index is 1.39. The molecule has 0 spiro atoms. The van der Waals surface area contributed by atoms with Crippen molar-refractivity contribution >= 4 is 0 Å². The topological polar surface area (TPSA) is 60.4 Å². The van der Waals surface area contributed by atoms with E-state index in [-0.39, 0.29) is 18.8 Å². The van der Waals surface area contributed by atoms with E-state index in [4.69, 9.17) is 18.9 Å². The van der Waals surface area contributed by atoms with Crippen LogP contribution in [0.4, 0.5) is 0 Å². The zero-order valence-corrected chi connectivity index (χ0v) is 24.2. The van der Waals surface area contributed by atoms with E-state index in [1.165, 1.54) is 5.06 Å². The van der Waals surface area contributed by atoms with Gasteiger partial charge in [0.15, 0.2) is 0 Å². The van der Waals surface area contributed by atoms with Crippen molar-refractivity contribution in [2.24, 2.45) is 0 Å². The Bertz CT molecular complexity index is 1290. The summed E-state index contributed by atoms with van der Waals surface area (Å²) in [5, 5.41) is 13.1. The van der Waals surface area contributed by atoms with Crippen LogP contribution in [0.1, 0.15) is 35.6 Å². The summed E-state index contributed by atoms with van der Waals surface area (Å²) in [6.45, 7) is 4.01. The summed E-state index contributed by atoms with van der Waals surface area (Å²) in [4.78, 5) is 0. The highest BCUT2D eigenvalue weighted by Crippen LogP contribution is 2.35. The first-order chi connectivity index (χ1) is 20.7. The van der Waals surface area contributed by atoms with E-state index in [9.17, 15) is 5.21 Å². The summed E-state index contributed by atoms with van der Waals surface area (Å²) in [6.07, 6.45) is -0.608.